The molecule has 0 amide bonds. The first-order chi connectivity index (χ1) is 9.63. The molecule has 1 aromatic rings. The number of esters is 1. The minimum atomic E-state index is -0.180. The number of likely N-dealkylation sites (tertiary alicyclic amines) is 1. The molecule has 2 fully saturated rings. The van der Waals surface area contributed by atoms with Crippen molar-refractivity contribution in [1.29, 1.82) is 0 Å². The number of hydrogen-bond acceptors (Lipinski definition) is 4. The summed E-state index contributed by atoms with van der Waals surface area (Å²) in [4.78, 5) is 14.2. The van der Waals surface area contributed by atoms with E-state index in [0.717, 1.165) is 37.2 Å². The van der Waals surface area contributed by atoms with E-state index in [9.17, 15) is 4.79 Å². The summed E-state index contributed by atoms with van der Waals surface area (Å²) in [6, 6.07) is 5.90. The number of rotatable bonds is 3. The highest BCUT2D eigenvalue weighted by Crippen LogP contribution is 2.29. The molecule has 0 aromatic heterocycles. The van der Waals surface area contributed by atoms with Gasteiger partial charge in [-0.2, -0.15) is 0 Å². The van der Waals surface area contributed by atoms with E-state index < -0.39 is 0 Å². The number of benzene rings is 1. The van der Waals surface area contributed by atoms with Gasteiger partial charge >= 0.3 is 5.97 Å². The van der Waals surface area contributed by atoms with Crippen LogP contribution in [0.3, 0.4) is 0 Å². The SMILES string of the molecule is Cc1cccc(C)c1OC(=O)CN1CCC2COC2C1. The van der Waals surface area contributed by atoms with Gasteiger partial charge in [-0.05, 0) is 37.9 Å². The largest absolute Gasteiger partial charge is 0.425 e. The number of nitrogens with zero attached hydrogens (tertiary/aromatic N) is 1. The quantitative estimate of drug-likeness (QED) is 0.624. The molecule has 2 atom stereocenters. The summed E-state index contributed by atoms with van der Waals surface area (Å²) >= 11 is 0. The number of carbonyl (C=O) groups excluding carboxylic acids is 1. The smallest absolute Gasteiger partial charge is 0.325 e. The zero-order valence-corrected chi connectivity index (χ0v) is 12.1. The van der Waals surface area contributed by atoms with Crippen molar-refractivity contribution in [2.24, 2.45) is 5.92 Å². The Bertz CT molecular complexity index is 494. The highest BCUT2D eigenvalue weighted by atomic mass is 16.5. The van der Waals surface area contributed by atoms with Gasteiger partial charge in [-0.15, -0.1) is 0 Å². The fraction of sp³-hybridized carbons (Fsp3) is 0.562. The van der Waals surface area contributed by atoms with Crippen molar-refractivity contribution in [3.63, 3.8) is 0 Å². The molecule has 2 aliphatic rings. The Morgan fingerprint density at radius 1 is 1.40 bits per heavy atom. The third-order valence-corrected chi connectivity index (χ3v) is 4.28. The van der Waals surface area contributed by atoms with Gasteiger partial charge in [0, 0.05) is 12.5 Å². The molecule has 0 aliphatic carbocycles. The van der Waals surface area contributed by atoms with Crippen LogP contribution in [-0.2, 0) is 9.53 Å². The van der Waals surface area contributed by atoms with Gasteiger partial charge in [-0.25, -0.2) is 0 Å². The van der Waals surface area contributed by atoms with Gasteiger partial charge in [0.25, 0.3) is 0 Å². The second kappa shape index (κ2) is 5.54. The van der Waals surface area contributed by atoms with Crippen LogP contribution >= 0.6 is 0 Å². The molecule has 0 spiro atoms. The first-order valence-corrected chi connectivity index (χ1v) is 7.24. The lowest BCUT2D eigenvalue weighted by Gasteiger charge is -2.44. The van der Waals surface area contributed by atoms with Crippen molar-refractivity contribution in [2.75, 3.05) is 26.2 Å². The van der Waals surface area contributed by atoms with E-state index in [4.69, 9.17) is 9.47 Å². The summed E-state index contributed by atoms with van der Waals surface area (Å²) in [5, 5.41) is 0. The number of carbonyl (C=O) groups is 1. The molecule has 20 heavy (non-hydrogen) atoms. The van der Waals surface area contributed by atoms with Crippen LogP contribution in [-0.4, -0.2) is 43.2 Å². The summed E-state index contributed by atoms with van der Waals surface area (Å²) in [5.74, 6) is 1.23. The Kier molecular flexibility index (Phi) is 3.76. The average molecular weight is 275 g/mol. The fourth-order valence-electron chi connectivity index (χ4n) is 2.97. The van der Waals surface area contributed by atoms with Crippen LogP contribution in [0.1, 0.15) is 17.5 Å². The lowest BCUT2D eigenvalue weighted by molar-refractivity contribution is -0.156. The lowest BCUT2D eigenvalue weighted by Crippen LogP contribution is -2.54. The molecule has 0 saturated carbocycles. The van der Waals surface area contributed by atoms with E-state index in [1.165, 1.54) is 0 Å². The average Bonchev–Trinajstić information content (AvgIpc) is 2.37. The minimum absolute atomic E-state index is 0.180. The predicted octanol–water partition coefficient (Wildman–Crippen LogP) is 1.93. The molecule has 4 nitrogen and oxygen atoms in total. The maximum absolute atomic E-state index is 12.1. The predicted molar refractivity (Wildman–Crippen MR) is 75.8 cm³/mol. The topological polar surface area (TPSA) is 38.8 Å². The minimum Gasteiger partial charge on any atom is -0.425 e. The first-order valence-electron chi connectivity index (χ1n) is 7.24. The third kappa shape index (κ3) is 2.72. The molecule has 2 heterocycles. The summed E-state index contributed by atoms with van der Waals surface area (Å²) in [6.45, 7) is 6.98. The van der Waals surface area contributed by atoms with Crippen molar-refractivity contribution in [2.45, 2.75) is 26.4 Å². The Labute approximate surface area is 119 Å². The van der Waals surface area contributed by atoms with Gasteiger partial charge in [0.05, 0.1) is 19.3 Å². The van der Waals surface area contributed by atoms with Gasteiger partial charge in [0.15, 0.2) is 0 Å². The summed E-state index contributed by atoms with van der Waals surface area (Å²) in [7, 11) is 0. The number of para-hydroxylation sites is 1. The monoisotopic (exact) mass is 275 g/mol. The molecule has 0 radical (unpaired) electrons. The Balaban J connectivity index is 1.57. The summed E-state index contributed by atoms with van der Waals surface area (Å²) in [5.41, 5.74) is 2.00. The molecule has 108 valence electrons. The molecule has 4 heteroatoms. The van der Waals surface area contributed by atoms with Gasteiger partial charge < -0.3 is 9.47 Å². The Hall–Kier alpha value is -1.39. The zero-order valence-electron chi connectivity index (χ0n) is 12.1. The zero-order chi connectivity index (χ0) is 14.1. The lowest BCUT2D eigenvalue weighted by atomic mass is 9.90. The summed E-state index contributed by atoms with van der Waals surface area (Å²) in [6.07, 6.45) is 1.46. The van der Waals surface area contributed by atoms with E-state index in [1.54, 1.807) is 0 Å². The normalized spacial score (nSPS) is 25.7. The second-order valence-electron chi connectivity index (χ2n) is 5.85. The molecule has 2 unspecified atom stereocenters. The number of piperidine rings is 1. The molecule has 2 saturated heterocycles. The van der Waals surface area contributed by atoms with Crippen molar-refractivity contribution in [3.05, 3.63) is 29.3 Å². The number of aryl methyl sites for hydroxylation is 2. The maximum atomic E-state index is 12.1. The van der Waals surface area contributed by atoms with Crippen LogP contribution in [0.2, 0.25) is 0 Å². The molecule has 0 N–H and O–H groups in total. The van der Waals surface area contributed by atoms with Gasteiger partial charge in [0.1, 0.15) is 5.75 Å². The number of ether oxygens (including phenoxy) is 2. The number of fused-ring (bicyclic) bond motifs is 1. The Morgan fingerprint density at radius 2 is 2.15 bits per heavy atom. The van der Waals surface area contributed by atoms with Gasteiger partial charge in [-0.3, -0.25) is 9.69 Å². The van der Waals surface area contributed by atoms with Crippen LogP contribution in [0.25, 0.3) is 0 Å². The fourth-order valence-corrected chi connectivity index (χ4v) is 2.97. The van der Waals surface area contributed by atoms with Gasteiger partial charge in [-0.1, -0.05) is 18.2 Å². The van der Waals surface area contributed by atoms with Crippen molar-refractivity contribution in [3.8, 4) is 5.75 Å². The van der Waals surface area contributed by atoms with E-state index in [1.807, 2.05) is 32.0 Å². The van der Waals surface area contributed by atoms with Crippen molar-refractivity contribution in [1.82, 2.24) is 4.90 Å². The first kappa shape index (κ1) is 13.6. The molecular formula is C16H21NO3. The van der Waals surface area contributed by atoms with Gasteiger partial charge in [0.2, 0.25) is 0 Å². The maximum Gasteiger partial charge on any atom is 0.325 e. The second-order valence-corrected chi connectivity index (χ2v) is 5.85. The summed E-state index contributed by atoms with van der Waals surface area (Å²) < 4.78 is 11.0. The molecular weight excluding hydrogens is 254 g/mol. The third-order valence-electron chi connectivity index (χ3n) is 4.28. The standard InChI is InChI=1S/C16H21NO3/c1-11-4-3-5-12(2)16(11)20-15(18)9-17-7-6-13-10-19-14(13)8-17/h3-5,13-14H,6-10H2,1-2H3. The van der Waals surface area contributed by atoms with Crippen LogP contribution in [0.5, 0.6) is 5.75 Å². The Morgan fingerprint density at radius 3 is 2.75 bits per heavy atom. The molecule has 1 aromatic carbocycles. The van der Waals surface area contributed by atoms with Crippen molar-refractivity contribution >= 4 is 5.97 Å². The van der Waals surface area contributed by atoms with E-state index >= 15 is 0 Å². The van der Waals surface area contributed by atoms with E-state index in [0.29, 0.717) is 24.3 Å². The van der Waals surface area contributed by atoms with E-state index in [-0.39, 0.29) is 5.97 Å². The van der Waals surface area contributed by atoms with E-state index in [2.05, 4.69) is 4.90 Å². The highest BCUT2D eigenvalue weighted by Gasteiger charge is 2.37. The molecule has 2 aliphatic heterocycles. The molecule has 3 rings (SSSR count). The van der Waals surface area contributed by atoms with Crippen LogP contribution in [0.15, 0.2) is 18.2 Å². The highest BCUT2D eigenvalue weighted by molar-refractivity contribution is 5.75. The van der Waals surface area contributed by atoms with Crippen LogP contribution < -0.4 is 4.74 Å². The number of hydrogen-bond donors (Lipinski definition) is 0. The van der Waals surface area contributed by atoms with Crippen molar-refractivity contribution < 1.29 is 14.3 Å². The van der Waals surface area contributed by atoms with Crippen LogP contribution in [0.4, 0.5) is 0 Å². The van der Waals surface area contributed by atoms with Crippen LogP contribution in [0, 0.1) is 19.8 Å². The molecule has 0 bridgehead atoms.